The van der Waals surface area contributed by atoms with Crippen LogP contribution in [0, 0.1) is 0 Å². The lowest BCUT2D eigenvalue weighted by atomic mass is 10.1. The first-order valence-electron chi connectivity index (χ1n) is 7.11. The highest BCUT2D eigenvalue weighted by atomic mass is 16.5. The van der Waals surface area contributed by atoms with Crippen LogP contribution in [0.25, 0.3) is 11.5 Å². The Morgan fingerprint density at radius 2 is 2.13 bits per heavy atom. The summed E-state index contributed by atoms with van der Waals surface area (Å²) in [5.74, 6) is 0.936. The minimum absolute atomic E-state index is 0.122. The molecule has 0 aliphatic carbocycles. The van der Waals surface area contributed by atoms with Crippen LogP contribution in [0.5, 0.6) is 0 Å². The molecule has 0 amide bonds. The maximum Gasteiger partial charge on any atom is 0.250 e. The second kappa shape index (κ2) is 5.84. The molecule has 0 spiro atoms. The molecule has 8 heteroatoms. The summed E-state index contributed by atoms with van der Waals surface area (Å²) in [6.07, 6.45) is 9.64. The summed E-state index contributed by atoms with van der Waals surface area (Å²) in [7, 11) is 0. The largest absolute Gasteiger partial charge is 0.348 e. The molecule has 4 rings (SSSR count). The Hall–Kier alpha value is -3.29. The van der Waals surface area contributed by atoms with Crippen molar-refractivity contribution < 1.29 is 4.52 Å². The van der Waals surface area contributed by atoms with Gasteiger partial charge in [-0.3, -0.25) is 0 Å². The van der Waals surface area contributed by atoms with Crippen molar-refractivity contribution in [3.63, 3.8) is 0 Å². The molecule has 0 saturated heterocycles. The molecule has 114 valence electrons. The van der Waals surface area contributed by atoms with Crippen molar-refractivity contribution in [3.05, 3.63) is 67.0 Å². The lowest BCUT2D eigenvalue weighted by molar-refractivity contribution is 0.335. The molecule has 4 aromatic heterocycles. The smallest absolute Gasteiger partial charge is 0.250 e. The van der Waals surface area contributed by atoms with Crippen LogP contribution in [0.1, 0.15) is 17.6 Å². The molecule has 0 saturated carbocycles. The van der Waals surface area contributed by atoms with E-state index >= 15 is 0 Å². The van der Waals surface area contributed by atoms with Gasteiger partial charge >= 0.3 is 0 Å². The van der Waals surface area contributed by atoms with Gasteiger partial charge in [-0.1, -0.05) is 5.16 Å². The maximum absolute atomic E-state index is 5.47. The second-order valence-electron chi connectivity index (χ2n) is 4.99. The quantitative estimate of drug-likeness (QED) is 0.604. The maximum atomic E-state index is 5.47. The fourth-order valence-electron chi connectivity index (χ4n) is 2.38. The standard InChI is InChI=1S/C15H13N7O/c1-2-7-22(6-1)13(8-11-9-16-10-17-11)15-19-14(21-23-15)12-4-3-5-18-20-12/h1-7,9-10,13H,8H2,(H,16,17). The van der Waals surface area contributed by atoms with Crippen LogP contribution in [0.15, 0.2) is 59.9 Å². The third kappa shape index (κ3) is 2.73. The van der Waals surface area contributed by atoms with Gasteiger partial charge in [-0.2, -0.15) is 10.1 Å². The summed E-state index contributed by atoms with van der Waals surface area (Å²) < 4.78 is 7.49. The molecule has 1 unspecified atom stereocenters. The number of nitrogens with one attached hydrogen (secondary N) is 1. The summed E-state index contributed by atoms with van der Waals surface area (Å²) in [6, 6.07) is 7.37. The number of nitrogens with zero attached hydrogens (tertiary/aromatic N) is 6. The van der Waals surface area contributed by atoms with Crippen molar-refractivity contribution in [2.24, 2.45) is 0 Å². The van der Waals surface area contributed by atoms with Crippen molar-refractivity contribution >= 4 is 0 Å². The van der Waals surface area contributed by atoms with E-state index < -0.39 is 0 Å². The van der Waals surface area contributed by atoms with Crippen molar-refractivity contribution in [2.45, 2.75) is 12.5 Å². The van der Waals surface area contributed by atoms with Crippen LogP contribution in [0.3, 0.4) is 0 Å². The van der Waals surface area contributed by atoms with Crippen LogP contribution in [0.4, 0.5) is 0 Å². The van der Waals surface area contributed by atoms with E-state index in [9.17, 15) is 0 Å². The minimum atomic E-state index is -0.122. The zero-order valence-corrected chi connectivity index (χ0v) is 12.1. The molecular formula is C15H13N7O. The summed E-state index contributed by atoms with van der Waals surface area (Å²) in [4.78, 5) is 11.6. The lowest BCUT2D eigenvalue weighted by Crippen LogP contribution is -2.12. The topological polar surface area (TPSA) is 98.3 Å². The Balaban J connectivity index is 1.68. The van der Waals surface area contributed by atoms with Gasteiger partial charge in [0, 0.05) is 36.9 Å². The van der Waals surface area contributed by atoms with Crippen LogP contribution in [0.2, 0.25) is 0 Å². The first-order chi connectivity index (χ1) is 11.4. The highest BCUT2D eigenvalue weighted by molar-refractivity contribution is 5.46. The van der Waals surface area contributed by atoms with E-state index in [0.717, 1.165) is 5.69 Å². The van der Waals surface area contributed by atoms with Crippen LogP contribution in [-0.2, 0) is 6.42 Å². The van der Waals surface area contributed by atoms with Gasteiger partial charge in [0.25, 0.3) is 0 Å². The summed E-state index contributed by atoms with van der Waals surface area (Å²) in [5, 5.41) is 11.9. The zero-order chi connectivity index (χ0) is 15.5. The molecule has 0 fully saturated rings. The Kier molecular flexibility index (Phi) is 3.39. The minimum Gasteiger partial charge on any atom is -0.348 e. The number of imidazole rings is 1. The molecule has 4 heterocycles. The fourth-order valence-corrected chi connectivity index (χ4v) is 2.38. The molecule has 0 bridgehead atoms. The number of hydrogen-bond acceptors (Lipinski definition) is 6. The first kappa shape index (κ1) is 13.4. The number of aromatic nitrogens is 7. The van der Waals surface area contributed by atoms with E-state index in [4.69, 9.17) is 4.52 Å². The van der Waals surface area contributed by atoms with Gasteiger partial charge in [0.05, 0.1) is 6.33 Å². The first-order valence-corrected chi connectivity index (χ1v) is 7.11. The third-order valence-electron chi connectivity index (χ3n) is 3.48. The predicted molar refractivity (Wildman–Crippen MR) is 80.2 cm³/mol. The molecule has 0 aliphatic rings. The molecule has 0 aliphatic heterocycles. The summed E-state index contributed by atoms with van der Waals surface area (Å²) in [5.41, 5.74) is 1.57. The van der Waals surface area contributed by atoms with Crippen molar-refractivity contribution in [2.75, 3.05) is 0 Å². The fraction of sp³-hybridized carbons (Fsp3) is 0.133. The Labute approximate surface area is 131 Å². The molecule has 1 atom stereocenters. The predicted octanol–water partition coefficient (Wildman–Crippen LogP) is 1.88. The van der Waals surface area contributed by atoms with E-state index in [1.165, 1.54) is 0 Å². The van der Waals surface area contributed by atoms with E-state index in [2.05, 4.69) is 30.3 Å². The summed E-state index contributed by atoms with van der Waals surface area (Å²) in [6.45, 7) is 0. The van der Waals surface area contributed by atoms with Gasteiger partial charge in [0.2, 0.25) is 11.7 Å². The van der Waals surface area contributed by atoms with E-state index in [1.54, 1.807) is 30.9 Å². The molecule has 1 N–H and O–H groups in total. The highest BCUT2D eigenvalue weighted by Gasteiger charge is 2.22. The van der Waals surface area contributed by atoms with Crippen LogP contribution >= 0.6 is 0 Å². The Morgan fingerprint density at radius 1 is 1.22 bits per heavy atom. The molecule has 0 aromatic carbocycles. The van der Waals surface area contributed by atoms with Gasteiger partial charge in [-0.15, -0.1) is 5.10 Å². The van der Waals surface area contributed by atoms with Gasteiger partial charge in [0.15, 0.2) is 0 Å². The number of hydrogen-bond donors (Lipinski definition) is 1. The van der Waals surface area contributed by atoms with Gasteiger partial charge in [-0.25, -0.2) is 4.98 Å². The van der Waals surface area contributed by atoms with Crippen molar-refractivity contribution in [3.8, 4) is 11.5 Å². The van der Waals surface area contributed by atoms with Gasteiger partial charge in [-0.05, 0) is 24.3 Å². The number of aromatic amines is 1. The second-order valence-corrected chi connectivity index (χ2v) is 4.99. The molecule has 23 heavy (non-hydrogen) atoms. The zero-order valence-electron chi connectivity index (χ0n) is 12.1. The van der Waals surface area contributed by atoms with E-state index in [1.807, 2.05) is 29.1 Å². The average molecular weight is 307 g/mol. The normalized spacial score (nSPS) is 12.3. The molecule has 0 radical (unpaired) electrons. The Bertz CT molecular complexity index is 853. The van der Waals surface area contributed by atoms with Crippen LogP contribution < -0.4 is 0 Å². The Morgan fingerprint density at radius 3 is 2.87 bits per heavy atom. The molecular weight excluding hydrogens is 294 g/mol. The van der Waals surface area contributed by atoms with E-state index in [-0.39, 0.29) is 6.04 Å². The van der Waals surface area contributed by atoms with Crippen molar-refractivity contribution in [1.29, 1.82) is 0 Å². The van der Waals surface area contributed by atoms with Crippen LogP contribution in [-0.4, -0.2) is 34.9 Å². The number of H-pyrrole nitrogens is 1. The van der Waals surface area contributed by atoms with Gasteiger partial charge < -0.3 is 14.1 Å². The van der Waals surface area contributed by atoms with Gasteiger partial charge in [0.1, 0.15) is 11.7 Å². The summed E-state index contributed by atoms with van der Waals surface area (Å²) >= 11 is 0. The SMILES string of the molecule is c1cnnc(-c2noc(C(Cc3cnc[nH]3)n3cccc3)n2)c1. The molecule has 8 nitrogen and oxygen atoms in total. The lowest BCUT2D eigenvalue weighted by Gasteiger charge is -2.13. The van der Waals surface area contributed by atoms with E-state index in [0.29, 0.717) is 23.8 Å². The molecule has 4 aromatic rings. The number of rotatable bonds is 5. The third-order valence-corrected chi connectivity index (χ3v) is 3.48. The van der Waals surface area contributed by atoms with Crippen molar-refractivity contribution in [1.82, 2.24) is 34.9 Å². The highest BCUT2D eigenvalue weighted by Crippen LogP contribution is 2.23. The average Bonchev–Trinajstić information content (AvgIpc) is 3.34. The monoisotopic (exact) mass is 307 g/mol.